The molecule has 0 spiro atoms. The molecular formula is C26H26BrN3O3S. The molecule has 0 radical (unpaired) electrons. The van der Waals surface area contributed by atoms with Crippen molar-refractivity contribution in [3.63, 3.8) is 0 Å². The standard InChI is InChI=1S/C26H26BrN3O3S/c1-2-15-28-24(31)20-10-6-7-11-22(20)29-26(34)30-25(32)21-17-19(27)12-13-23(21)33-16-14-18-8-4-3-5-9-18/h3-13,17H,2,14-16H2,1H3,(H,28,31)(H2,29,30,32,34). The van der Waals surface area contributed by atoms with Crippen LogP contribution < -0.4 is 20.7 Å². The summed E-state index contributed by atoms with van der Waals surface area (Å²) in [5, 5.41) is 8.55. The second kappa shape index (κ2) is 12.9. The number of amides is 2. The average Bonchev–Trinajstić information content (AvgIpc) is 2.84. The van der Waals surface area contributed by atoms with E-state index in [1.54, 1.807) is 36.4 Å². The highest BCUT2D eigenvalue weighted by atomic mass is 79.9. The van der Waals surface area contributed by atoms with Crippen LogP contribution in [0.25, 0.3) is 0 Å². The number of halogens is 1. The maximum absolute atomic E-state index is 13.0. The number of rotatable bonds is 9. The third kappa shape index (κ3) is 7.40. The van der Waals surface area contributed by atoms with E-state index >= 15 is 0 Å². The summed E-state index contributed by atoms with van der Waals surface area (Å²) in [5.74, 6) is -0.166. The maximum Gasteiger partial charge on any atom is 0.261 e. The molecule has 0 aromatic heterocycles. The fourth-order valence-electron chi connectivity index (χ4n) is 3.18. The summed E-state index contributed by atoms with van der Waals surface area (Å²) in [5.41, 5.74) is 2.45. The van der Waals surface area contributed by atoms with E-state index in [0.29, 0.717) is 35.7 Å². The minimum atomic E-state index is -0.415. The fourth-order valence-corrected chi connectivity index (χ4v) is 3.74. The number of anilines is 1. The molecule has 34 heavy (non-hydrogen) atoms. The van der Waals surface area contributed by atoms with E-state index in [0.717, 1.165) is 22.9 Å². The Bertz CT molecular complexity index is 1160. The highest BCUT2D eigenvalue weighted by Crippen LogP contribution is 2.24. The molecule has 0 aliphatic carbocycles. The highest BCUT2D eigenvalue weighted by molar-refractivity contribution is 9.10. The quantitative estimate of drug-likeness (QED) is 0.320. The van der Waals surface area contributed by atoms with Gasteiger partial charge in [0.1, 0.15) is 5.75 Å². The number of nitrogens with one attached hydrogen (secondary N) is 3. The van der Waals surface area contributed by atoms with Crippen LogP contribution in [0.15, 0.2) is 77.3 Å². The molecule has 3 N–H and O–H groups in total. The molecule has 0 unspecified atom stereocenters. The van der Waals surface area contributed by atoms with Crippen molar-refractivity contribution >= 4 is 50.8 Å². The normalized spacial score (nSPS) is 10.3. The maximum atomic E-state index is 13.0. The van der Waals surface area contributed by atoms with Crippen molar-refractivity contribution in [1.82, 2.24) is 10.6 Å². The van der Waals surface area contributed by atoms with Gasteiger partial charge in [0.25, 0.3) is 11.8 Å². The molecule has 8 heteroatoms. The van der Waals surface area contributed by atoms with Crippen LogP contribution in [0.1, 0.15) is 39.6 Å². The first-order chi connectivity index (χ1) is 16.5. The van der Waals surface area contributed by atoms with E-state index in [1.807, 2.05) is 43.3 Å². The molecule has 6 nitrogen and oxygen atoms in total. The second-order valence-corrected chi connectivity index (χ2v) is 8.76. The van der Waals surface area contributed by atoms with E-state index in [1.165, 1.54) is 0 Å². The second-order valence-electron chi connectivity index (χ2n) is 7.43. The van der Waals surface area contributed by atoms with Crippen molar-refractivity contribution in [2.45, 2.75) is 19.8 Å². The van der Waals surface area contributed by atoms with Gasteiger partial charge in [-0.2, -0.15) is 0 Å². The monoisotopic (exact) mass is 539 g/mol. The average molecular weight is 540 g/mol. The zero-order valence-electron chi connectivity index (χ0n) is 18.8. The molecule has 3 aromatic rings. The number of hydrogen-bond acceptors (Lipinski definition) is 4. The van der Waals surface area contributed by atoms with Crippen molar-refractivity contribution in [2.24, 2.45) is 0 Å². The van der Waals surface area contributed by atoms with Gasteiger partial charge in [0.2, 0.25) is 0 Å². The van der Waals surface area contributed by atoms with E-state index in [4.69, 9.17) is 17.0 Å². The Morgan fingerprint density at radius 1 is 0.941 bits per heavy atom. The Kier molecular flexibility index (Phi) is 9.61. The largest absolute Gasteiger partial charge is 0.492 e. The number of benzene rings is 3. The predicted octanol–water partition coefficient (Wildman–Crippen LogP) is 5.34. The zero-order valence-corrected chi connectivity index (χ0v) is 21.2. The van der Waals surface area contributed by atoms with Gasteiger partial charge in [-0.05, 0) is 54.5 Å². The van der Waals surface area contributed by atoms with Crippen LogP contribution in [0.3, 0.4) is 0 Å². The summed E-state index contributed by atoms with van der Waals surface area (Å²) in [6.07, 6.45) is 1.55. The van der Waals surface area contributed by atoms with Crippen molar-refractivity contribution in [1.29, 1.82) is 0 Å². The lowest BCUT2D eigenvalue weighted by Gasteiger charge is -2.15. The van der Waals surface area contributed by atoms with Crippen LogP contribution in [0.2, 0.25) is 0 Å². The van der Waals surface area contributed by atoms with Crippen LogP contribution in [-0.4, -0.2) is 30.1 Å². The third-order valence-electron chi connectivity index (χ3n) is 4.86. The Labute approximate surface area is 213 Å². The number of thiocarbonyl (C=S) groups is 1. The molecule has 0 heterocycles. The van der Waals surface area contributed by atoms with Gasteiger partial charge in [0.05, 0.1) is 23.4 Å². The molecule has 0 bridgehead atoms. The Hall–Kier alpha value is -3.23. The van der Waals surface area contributed by atoms with Gasteiger partial charge in [-0.15, -0.1) is 0 Å². The minimum absolute atomic E-state index is 0.0796. The van der Waals surface area contributed by atoms with Crippen molar-refractivity contribution in [3.05, 3.63) is 94.0 Å². The molecule has 3 rings (SSSR count). The number of para-hydroxylation sites is 1. The first-order valence-electron chi connectivity index (χ1n) is 10.9. The van der Waals surface area contributed by atoms with Gasteiger partial charge < -0.3 is 15.4 Å². The Balaban J connectivity index is 1.66. The molecule has 0 atom stereocenters. The topological polar surface area (TPSA) is 79.5 Å². The number of hydrogen-bond donors (Lipinski definition) is 3. The molecule has 0 saturated heterocycles. The lowest BCUT2D eigenvalue weighted by molar-refractivity contribution is 0.0952. The molecule has 0 aliphatic rings. The third-order valence-corrected chi connectivity index (χ3v) is 5.56. The number of ether oxygens (including phenoxy) is 1. The van der Waals surface area contributed by atoms with Crippen molar-refractivity contribution in [3.8, 4) is 5.75 Å². The van der Waals surface area contributed by atoms with Crippen LogP contribution >= 0.6 is 28.1 Å². The lowest BCUT2D eigenvalue weighted by Crippen LogP contribution is -2.35. The van der Waals surface area contributed by atoms with E-state index < -0.39 is 5.91 Å². The number of carbonyl (C=O) groups is 2. The Morgan fingerprint density at radius 2 is 1.68 bits per heavy atom. The summed E-state index contributed by atoms with van der Waals surface area (Å²) in [6, 6.07) is 22.2. The smallest absolute Gasteiger partial charge is 0.261 e. The molecule has 0 aliphatic heterocycles. The van der Waals surface area contributed by atoms with Crippen LogP contribution in [0, 0.1) is 0 Å². The summed E-state index contributed by atoms with van der Waals surface area (Å²) in [6.45, 7) is 2.98. The van der Waals surface area contributed by atoms with Crippen LogP contribution in [0.4, 0.5) is 5.69 Å². The molecule has 0 fully saturated rings. The zero-order chi connectivity index (χ0) is 24.3. The molecular weight excluding hydrogens is 514 g/mol. The van der Waals surface area contributed by atoms with Gasteiger partial charge >= 0.3 is 0 Å². The van der Waals surface area contributed by atoms with Gasteiger partial charge in [-0.1, -0.05) is 65.3 Å². The van der Waals surface area contributed by atoms with E-state index in [2.05, 4.69) is 31.9 Å². The molecule has 3 aromatic carbocycles. The van der Waals surface area contributed by atoms with Crippen LogP contribution in [0.5, 0.6) is 5.75 Å². The van der Waals surface area contributed by atoms with Gasteiger partial charge in [0, 0.05) is 17.4 Å². The minimum Gasteiger partial charge on any atom is -0.492 e. The highest BCUT2D eigenvalue weighted by Gasteiger charge is 2.17. The summed E-state index contributed by atoms with van der Waals surface area (Å²) in [4.78, 5) is 25.4. The molecule has 2 amide bonds. The predicted molar refractivity (Wildman–Crippen MR) is 143 cm³/mol. The first-order valence-corrected chi connectivity index (χ1v) is 12.1. The van der Waals surface area contributed by atoms with Gasteiger partial charge in [0.15, 0.2) is 5.11 Å². The van der Waals surface area contributed by atoms with Gasteiger partial charge in [-0.3, -0.25) is 14.9 Å². The first kappa shape index (κ1) is 25.4. The van der Waals surface area contributed by atoms with E-state index in [9.17, 15) is 9.59 Å². The lowest BCUT2D eigenvalue weighted by atomic mass is 10.1. The number of carbonyl (C=O) groups excluding carboxylic acids is 2. The summed E-state index contributed by atoms with van der Waals surface area (Å²) in [7, 11) is 0. The fraction of sp³-hybridized carbons (Fsp3) is 0.192. The summed E-state index contributed by atoms with van der Waals surface area (Å²) < 4.78 is 6.65. The SMILES string of the molecule is CCCNC(=O)c1ccccc1NC(=S)NC(=O)c1cc(Br)ccc1OCCc1ccccc1. The van der Waals surface area contributed by atoms with Crippen LogP contribution in [-0.2, 0) is 6.42 Å². The Morgan fingerprint density at radius 3 is 2.44 bits per heavy atom. The molecule has 176 valence electrons. The molecule has 0 saturated carbocycles. The van der Waals surface area contributed by atoms with Crippen molar-refractivity contribution in [2.75, 3.05) is 18.5 Å². The van der Waals surface area contributed by atoms with Gasteiger partial charge in [-0.25, -0.2) is 0 Å². The van der Waals surface area contributed by atoms with Crippen molar-refractivity contribution < 1.29 is 14.3 Å². The summed E-state index contributed by atoms with van der Waals surface area (Å²) >= 11 is 8.75. The van der Waals surface area contributed by atoms with E-state index in [-0.39, 0.29) is 11.0 Å².